The maximum atomic E-state index is 10.9. The van der Waals surface area contributed by atoms with Crippen molar-refractivity contribution >= 4 is 22.8 Å². The zero-order chi connectivity index (χ0) is 7.84. The summed E-state index contributed by atoms with van der Waals surface area (Å²) < 4.78 is 1.04. The van der Waals surface area contributed by atoms with Gasteiger partial charge in [0, 0.05) is 11.8 Å². The maximum Gasteiger partial charge on any atom is 0.341 e. The van der Waals surface area contributed by atoms with Gasteiger partial charge in [0.1, 0.15) is 0 Å². The van der Waals surface area contributed by atoms with Crippen LogP contribution in [0.2, 0.25) is 0 Å². The first-order valence-corrected chi connectivity index (χ1v) is 3.40. The molecule has 0 atom stereocenters. The summed E-state index contributed by atoms with van der Waals surface area (Å²) in [5.41, 5.74) is 1.06. The van der Waals surface area contributed by atoms with Crippen LogP contribution in [0.4, 0.5) is 0 Å². The van der Waals surface area contributed by atoms with Gasteiger partial charge in [0.05, 0.1) is 11.0 Å². The van der Waals surface area contributed by atoms with Crippen LogP contribution < -0.4 is 5.69 Å². The smallest absolute Gasteiger partial charge is 0.304 e. The zero-order valence-corrected chi connectivity index (χ0v) is 6.22. The number of aromatic amines is 1. The Hall–Kier alpha value is -1.22. The van der Waals surface area contributed by atoms with E-state index in [1.807, 2.05) is 0 Å². The summed E-state index contributed by atoms with van der Waals surface area (Å²) >= 11 is 5.60. The minimum Gasteiger partial charge on any atom is -0.304 e. The number of aromatic nitrogens is 2. The lowest BCUT2D eigenvalue weighted by Crippen LogP contribution is -2.07. The average molecular weight is 168 g/mol. The number of hydrogen-bond acceptors (Lipinski definition) is 1. The Morgan fingerprint density at radius 2 is 2.45 bits per heavy atom. The van der Waals surface area contributed by atoms with Crippen molar-refractivity contribution in [1.82, 2.24) is 9.07 Å². The van der Waals surface area contributed by atoms with Crippen LogP contribution >= 0.6 is 11.8 Å². The summed E-state index contributed by atoms with van der Waals surface area (Å²) in [5, 5.41) is 0. The van der Waals surface area contributed by atoms with E-state index >= 15 is 0 Å². The summed E-state index contributed by atoms with van der Waals surface area (Å²) in [6, 6.07) is 7.94. The Morgan fingerprint density at radius 3 is 3.18 bits per heavy atom. The molecule has 1 heterocycles. The molecule has 0 amide bonds. The molecule has 0 unspecified atom stereocenters. The molecule has 4 heteroatoms. The molecule has 1 aromatic carbocycles. The topological polar surface area (TPSA) is 37.8 Å². The molecule has 0 aliphatic rings. The first-order chi connectivity index (χ1) is 5.29. The normalized spacial score (nSPS) is 10.6. The van der Waals surface area contributed by atoms with Crippen LogP contribution in [0.3, 0.4) is 0 Å². The Kier molecular flexibility index (Phi) is 1.26. The van der Waals surface area contributed by atoms with Crippen molar-refractivity contribution < 1.29 is 0 Å². The van der Waals surface area contributed by atoms with Crippen LogP contribution in [0.25, 0.3) is 11.0 Å². The van der Waals surface area contributed by atoms with Gasteiger partial charge in [-0.1, -0.05) is 6.07 Å². The lowest BCUT2D eigenvalue weighted by Gasteiger charge is -1.86. The van der Waals surface area contributed by atoms with Crippen molar-refractivity contribution in [3.8, 4) is 0 Å². The van der Waals surface area contributed by atoms with Gasteiger partial charge in [0.2, 0.25) is 0 Å². The van der Waals surface area contributed by atoms with Crippen LogP contribution in [0.15, 0.2) is 23.0 Å². The number of nitrogens with zero attached hydrogens (tertiary/aromatic N) is 1. The summed E-state index contributed by atoms with van der Waals surface area (Å²) in [6.45, 7) is 0. The first-order valence-electron chi connectivity index (χ1n) is 3.06. The summed E-state index contributed by atoms with van der Waals surface area (Å²) in [7, 11) is 0. The highest BCUT2D eigenvalue weighted by molar-refractivity contribution is 6.18. The Bertz CT molecular complexity index is 443. The zero-order valence-electron chi connectivity index (χ0n) is 5.47. The number of benzene rings is 1. The molecule has 0 bridgehead atoms. The Morgan fingerprint density at radius 1 is 1.64 bits per heavy atom. The van der Waals surface area contributed by atoms with E-state index in [4.69, 9.17) is 11.8 Å². The minimum absolute atomic E-state index is 0.318. The van der Waals surface area contributed by atoms with E-state index in [0.717, 1.165) is 4.09 Å². The van der Waals surface area contributed by atoms with Crippen LogP contribution in [0.5, 0.6) is 0 Å². The molecule has 11 heavy (non-hydrogen) atoms. The van der Waals surface area contributed by atoms with Gasteiger partial charge >= 0.3 is 5.69 Å². The molecule has 0 saturated carbocycles. The van der Waals surface area contributed by atoms with Gasteiger partial charge in [0.25, 0.3) is 0 Å². The third-order valence-corrected chi connectivity index (χ3v) is 1.81. The molecule has 0 saturated heterocycles. The predicted octanol–water partition coefficient (Wildman–Crippen LogP) is 1.13. The summed E-state index contributed by atoms with van der Waals surface area (Å²) in [4.78, 5) is 13.5. The average Bonchev–Trinajstić information content (AvgIpc) is 2.30. The molecule has 3 nitrogen and oxygen atoms in total. The van der Waals surface area contributed by atoms with Crippen LogP contribution in [-0.4, -0.2) is 9.07 Å². The fraction of sp³-hybridized carbons (Fsp3) is 0. The second-order valence-electron chi connectivity index (χ2n) is 2.15. The van der Waals surface area contributed by atoms with E-state index in [-0.39, 0.29) is 5.69 Å². The van der Waals surface area contributed by atoms with E-state index in [1.165, 1.54) is 0 Å². The lowest BCUT2D eigenvalue weighted by molar-refractivity contribution is 1.14. The second-order valence-corrected chi connectivity index (χ2v) is 2.49. The van der Waals surface area contributed by atoms with Gasteiger partial charge in [-0.2, -0.15) is 0 Å². The van der Waals surface area contributed by atoms with Crippen molar-refractivity contribution in [3.05, 3.63) is 34.7 Å². The van der Waals surface area contributed by atoms with Crippen molar-refractivity contribution in [2.75, 3.05) is 0 Å². The fourth-order valence-corrected chi connectivity index (χ4v) is 1.16. The SMILES string of the molecule is O=c1[nH]c2c[c]ccc2n1Cl. The van der Waals surface area contributed by atoms with Crippen molar-refractivity contribution in [3.63, 3.8) is 0 Å². The molecule has 1 aromatic heterocycles. The molecule has 2 rings (SSSR count). The van der Waals surface area contributed by atoms with Gasteiger partial charge in [-0.3, -0.25) is 0 Å². The monoisotopic (exact) mass is 167 g/mol. The van der Waals surface area contributed by atoms with Gasteiger partial charge < -0.3 is 4.98 Å². The summed E-state index contributed by atoms with van der Waals surface area (Å²) in [6.07, 6.45) is 0. The Balaban J connectivity index is 3.04. The molecule has 0 spiro atoms. The van der Waals surface area contributed by atoms with Crippen molar-refractivity contribution in [2.24, 2.45) is 0 Å². The van der Waals surface area contributed by atoms with E-state index in [1.54, 1.807) is 18.2 Å². The Labute approximate surface area is 67.3 Å². The van der Waals surface area contributed by atoms with Crippen LogP contribution in [0, 0.1) is 6.07 Å². The van der Waals surface area contributed by atoms with Crippen LogP contribution in [-0.2, 0) is 0 Å². The molecule has 0 fully saturated rings. The molecule has 1 N–H and O–H groups in total. The fourth-order valence-electron chi connectivity index (χ4n) is 0.967. The van der Waals surface area contributed by atoms with Gasteiger partial charge in [-0.25, -0.2) is 8.88 Å². The highest BCUT2D eigenvalue weighted by Crippen LogP contribution is 2.08. The third-order valence-electron chi connectivity index (χ3n) is 1.47. The largest absolute Gasteiger partial charge is 0.341 e. The van der Waals surface area contributed by atoms with Crippen LogP contribution in [0.1, 0.15) is 0 Å². The highest BCUT2D eigenvalue weighted by atomic mass is 35.5. The van der Waals surface area contributed by atoms with Gasteiger partial charge in [-0.05, 0) is 18.2 Å². The molecule has 0 aliphatic carbocycles. The van der Waals surface area contributed by atoms with Gasteiger partial charge in [0.15, 0.2) is 0 Å². The van der Waals surface area contributed by atoms with E-state index in [9.17, 15) is 4.79 Å². The van der Waals surface area contributed by atoms with E-state index < -0.39 is 0 Å². The maximum absolute atomic E-state index is 10.9. The number of H-pyrrole nitrogens is 1. The summed E-state index contributed by atoms with van der Waals surface area (Å²) in [5.74, 6) is 0. The van der Waals surface area contributed by atoms with Crippen molar-refractivity contribution in [1.29, 1.82) is 0 Å². The predicted molar refractivity (Wildman–Crippen MR) is 42.6 cm³/mol. The number of imidazole rings is 1. The minimum atomic E-state index is -0.318. The molecular weight excluding hydrogens is 164 g/mol. The van der Waals surface area contributed by atoms with E-state index in [0.29, 0.717) is 11.0 Å². The first kappa shape index (κ1) is 6.49. The number of fused-ring (bicyclic) bond motifs is 1. The highest BCUT2D eigenvalue weighted by Gasteiger charge is 2.01. The number of hydrogen-bond donors (Lipinski definition) is 1. The molecular formula is C7H4ClN2O. The van der Waals surface area contributed by atoms with Crippen molar-refractivity contribution in [2.45, 2.75) is 0 Å². The van der Waals surface area contributed by atoms with Gasteiger partial charge in [-0.15, -0.1) is 0 Å². The molecule has 55 valence electrons. The molecule has 0 aliphatic heterocycles. The van der Waals surface area contributed by atoms with E-state index in [2.05, 4.69) is 11.1 Å². The number of halogens is 1. The molecule has 2 aromatic rings. The molecule has 1 radical (unpaired) electrons. The second kappa shape index (κ2) is 2.13. The third kappa shape index (κ3) is 0.851. The number of nitrogens with one attached hydrogen (secondary N) is 1. The lowest BCUT2D eigenvalue weighted by atomic mass is 10.3. The standard InChI is InChI=1S/C7H4ClN2O/c8-10-6-4-2-1-3-5(6)9-7(10)11/h2-4H,(H,9,11). The quantitative estimate of drug-likeness (QED) is 0.628. The number of rotatable bonds is 0.